The smallest absolute Gasteiger partial charge is 0.326 e. The van der Waals surface area contributed by atoms with Gasteiger partial charge in [-0.25, -0.2) is 14.8 Å². The summed E-state index contributed by atoms with van der Waals surface area (Å²) in [5.41, 5.74) is 1.36. The van der Waals surface area contributed by atoms with Crippen LogP contribution in [0.15, 0.2) is 42.7 Å². The Kier molecular flexibility index (Phi) is 6.40. The van der Waals surface area contributed by atoms with Crippen LogP contribution >= 0.6 is 0 Å². The predicted octanol–water partition coefficient (Wildman–Crippen LogP) is 3.21. The maximum absolute atomic E-state index is 12.2. The molecule has 0 saturated heterocycles. The summed E-state index contributed by atoms with van der Waals surface area (Å²) in [6.45, 7) is 2.58. The van der Waals surface area contributed by atoms with Gasteiger partial charge < -0.3 is 20.4 Å². The number of hydrogen-bond donors (Lipinski definition) is 4. The molecule has 3 aromatic rings. The Morgan fingerprint density at radius 3 is 2.89 bits per heavy atom. The first-order valence-corrected chi connectivity index (χ1v) is 8.92. The van der Waals surface area contributed by atoms with E-state index in [2.05, 4.69) is 35.9 Å². The summed E-state index contributed by atoms with van der Waals surface area (Å²) in [4.78, 5) is 28.1. The van der Waals surface area contributed by atoms with Gasteiger partial charge in [-0.05, 0) is 25.5 Å². The fourth-order valence-electron chi connectivity index (χ4n) is 2.59. The van der Waals surface area contributed by atoms with Crippen LogP contribution in [0.4, 0.5) is 22.2 Å². The second-order valence-corrected chi connectivity index (χ2v) is 6.10. The number of imidazole rings is 1. The van der Waals surface area contributed by atoms with Gasteiger partial charge in [0, 0.05) is 48.9 Å². The van der Waals surface area contributed by atoms with E-state index in [1.165, 1.54) is 0 Å². The van der Waals surface area contributed by atoms with Crippen molar-refractivity contribution in [3.05, 3.63) is 54.2 Å². The van der Waals surface area contributed by atoms with E-state index < -0.39 is 6.03 Å². The van der Waals surface area contributed by atoms with Gasteiger partial charge in [0.2, 0.25) is 5.95 Å². The maximum atomic E-state index is 12.2. The van der Waals surface area contributed by atoms with Crippen molar-refractivity contribution in [2.75, 3.05) is 29.6 Å². The minimum Gasteiger partial charge on any atom is -0.497 e. The normalized spacial score (nSPS) is 10.4. The van der Waals surface area contributed by atoms with Crippen molar-refractivity contribution in [1.82, 2.24) is 19.9 Å². The molecule has 4 N–H and O–H groups in total. The van der Waals surface area contributed by atoms with Gasteiger partial charge in [0.05, 0.1) is 7.11 Å². The standard InChI is InChI=1S/C19H23N7O2/c1-13-11-17(20-8-4-7-16-21-9-10-22-16)25-18(23-13)26-19(27)24-14-5-3-6-15(12-14)28-2/h3,5-6,9-12H,4,7-8H2,1-2H3,(H,21,22)(H3,20,23,24,25,26,27). The van der Waals surface area contributed by atoms with Gasteiger partial charge in [0.15, 0.2) is 0 Å². The third-order valence-corrected chi connectivity index (χ3v) is 3.86. The average Bonchev–Trinajstić information content (AvgIpc) is 3.18. The van der Waals surface area contributed by atoms with Crippen LogP contribution in [0.1, 0.15) is 17.9 Å². The number of aryl methyl sites for hydroxylation is 2. The fourth-order valence-corrected chi connectivity index (χ4v) is 2.59. The Morgan fingerprint density at radius 2 is 2.11 bits per heavy atom. The Morgan fingerprint density at radius 1 is 1.21 bits per heavy atom. The first-order valence-electron chi connectivity index (χ1n) is 8.92. The van der Waals surface area contributed by atoms with Gasteiger partial charge in [-0.1, -0.05) is 6.07 Å². The van der Waals surface area contributed by atoms with E-state index >= 15 is 0 Å². The zero-order valence-electron chi connectivity index (χ0n) is 15.8. The lowest BCUT2D eigenvalue weighted by Crippen LogP contribution is -2.21. The highest BCUT2D eigenvalue weighted by atomic mass is 16.5. The SMILES string of the molecule is COc1cccc(NC(=O)Nc2nc(C)cc(NCCCc3ncc[nH]3)n2)c1. The van der Waals surface area contributed by atoms with E-state index in [0.717, 1.165) is 30.9 Å². The second-order valence-electron chi connectivity index (χ2n) is 6.10. The molecule has 9 heteroatoms. The molecule has 146 valence electrons. The summed E-state index contributed by atoms with van der Waals surface area (Å²) in [5, 5.41) is 8.63. The summed E-state index contributed by atoms with van der Waals surface area (Å²) >= 11 is 0. The van der Waals surface area contributed by atoms with Crippen LogP contribution < -0.4 is 20.7 Å². The van der Waals surface area contributed by atoms with Crippen molar-refractivity contribution < 1.29 is 9.53 Å². The Hall–Kier alpha value is -3.62. The van der Waals surface area contributed by atoms with Gasteiger partial charge in [-0.3, -0.25) is 5.32 Å². The topological polar surface area (TPSA) is 117 Å². The Labute approximate surface area is 163 Å². The van der Waals surface area contributed by atoms with Gasteiger partial charge in [0.25, 0.3) is 0 Å². The monoisotopic (exact) mass is 381 g/mol. The number of ether oxygens (including phenoxy) is 1. The molecule has 0 aliphatic carbocycles. The molecule has 1 aromatic carbocycles. The van der Waals surface area contributed by atoms with E-state index in [1.54, 1.807) is 37.6 Å². The summed E-state index contributed by atoms with van der Waals surface area (Å²) in [6.07, 6.45) is 5.30. The van der Waals surface area contributed by atoms with Crippen molar-refractivity contribution in [2.45, 2.75) is 19.8 Å². The third kappa shape index (κ3) is 5.70. The number of aromatic nitrogens is 4. The summed E-state index contributed by atoms with van der Waals surface area (Å²) < 4.78 is 5.15. The number of carbonyl (C=O) groups is 1. The number of methoxy groups -OCH3 is 1. The number of amides is 2. The van der Waals surface area contributed by atoms with Crippen LogP contribution in [0, 0.1) is 6.92 Å². The highest BCUT2D eigenvalue weighted by Gasteiger charge is 2.08. The van der Waals surface area contributed by atoms with Crippen LogP contribution in [0.5, 0.6) is 5.75 Å². The molecule has 0 unspecified atom stereocenters. The highest BCUT2D eigenvalue weighted by Crippen LogP contribution is 2.17. The molecule has 0 aliphatic heterocycles. The molecule has 0 radical (unpaired) electrons. The minimum atomic E-state index is -0.428. The van der Waals surface area contributed by atoms with Gasteiger partial charge >= 0.3 is 6.03 Å². The van der Waals surface area contributed by atoms with Crippen LogP contribution in [0.2, 0.25) is 0 Å². The van der Waals surface area contributed by atoms with Crippen molar-refractivity contribution >= 4 is 23.5 Å². The quantitative estimate of drug-likeness (QED) is 0.445. The lowest BCUT2D eigenvalue weighted by molar-refractivity contribution is 0.262. The molecule has 0 atom stereocenters. The van der Waals surface area contributed by atoms with Crippen LogP contribution in [0.25, 0.3) is 0 Å². The molecule has 0 saturated carbocycles. The molecule has 0 fully saturated rings. The van der Waals surface area contributed by atoms with Gasteiger partial charge in [0.1, 0.15) is 17.4 Å². The predicted molar refractivity (Wildman–Crippen MR) is 108 cm³/mol. The molecule has 3 rings (SSSR count). The fraction of sp³-hybridized carbons (Fsp3) is 0.263. The lowest BCUT2D eigenvalue weighted by atomic mass is 10.3. The summed E-state index contributed by atoms with van der Waals surface area (Å²) in [5.74, 6) is 2.50. The lowest BCUT2D eigenvalue weighted by Gasteiger charge is -2.10. The Balaban J connectivity index is 1.53. The zero-order valence-corrected chi connectivity index (χ0v) is 15.8. The summed E-state index contributed by atoms with van der Waals surface area (Å²) in [6, 6.07) is 8.49. The maximum Gasteiger partial charge on any atom is 0.326 e. The number of nitrogens with one attached hydrogen (secondary N) is 4. The average molecular weight is 381 g/mol. The van der Waals surface area contributed by atoms with Gasteiger partial charge in [-0.2, -0.15) is 4.98 Å². The highest BCUT2D eigenvalue weighted by molar-refractivity contribution is 5.98. The number of aromatic amines is 1. The molecule has 2 aromatic heterocycles. The van der Waals surface area contributed by atoms with Crippen molar-refractivity contribution in [3.63, 3.8) is 0 Å². The number of hydrogen-bond acceptors (Lipinski definition) is 6. The largest absolute Gasteiger partial charge is 0.497 e. The Bertz CT molecular complexity index is 912. The molecule has 9 nitrogen and oxygen atoms in total. The minimum absolute atomic E-state index is 0.230. The number of benzene rings is 1. The number of urea groups is 1. The van der Waals surface area contributed by atoms with Crippen LogP contribution in [-0.2, 0) is 6.42 Å². The second kappa shape index (κ2) is 9.36. The zero-order chi connectivity index (χ0) is 19.8. The number of nitrogens with zero attached hydrogens (tertiary/aromatic N) is 3. The number of anilines is 3. The molecule has 2 heterocycles. The van der Waals surface area contributed by atoms with E-state index in [4.69, 9.17) is 4.74 Å². The first kappa shape index (κ1) is 19.2. The number of rotatable bonds is 8. The van der Waals surface area contributed by atoms with E-state index in [1.807, 2.05) is 19.2 Å². The molecule has 2 amide bonds. The molecular weight excluding hydrogens is 358 g/mol. The van der Waals surface area contributed by atoms with E-state index in [-0.39, 0.29) is 5.95 Å². The van der Waals surface area contributed by atoms with Crippen molar-refractivity contribution in [3.8, 4) is 5.75 Å². The van der Waals surface area contributed by atoms with E-state index in [9.17, 15) is 4.79 Å². The van der Waals surface area contributed by atoms with Crippen molar-refractivity contribution in [2.24, 2.45) is 0 Å². The molecule has 0 spiro atoms. The molecular formula is C19H23N7O2. The first-order chi connectivity index (χ1) is 13.6. The molecule has 28 heavy (non-hydrogen) atoms. The molecule has 0 bridgehead atoms. The summed E-state index contributed by atoms with van der Waals surface area (Å²) in [7, 11) is 1.57. The van der Waals surface area contributed by atoms with Crippen LogP contribution in [-0.4, -0.2) is 39.6 Å². The number of carbonyl (C=O) groups excluding carboxylic acids is 1. The molecule has 0 aliphatic rings. The van der Waals surface area contributed by atoms with Crippen LogP contribution in [0.3, 0.4) is 0 Å². The number of H-pyrrole nitrogens is 1. The van der Waals surface area contributed by atoms with Crippen molar-refractivity contribution in [1.29, 1.82) is 0 Å². The van der Waals surface area contributed by atoms with E-state index in [0.29, 0.717) is 17.3 Å². The van der Waals surface area contributed by atoms with Gasteiger partial charge in [-0.15, -0.1) is 0 Å². The third-order valence-electron chi connectivity index (χ3n) is 3.86.